The normalized spacial score (nSPS) is 43.8. The van der Waals surface area contributed by atoms with E-state index in [4.69, 9.17) is 4.74 Å². The quantitative estimate of drug-likeness (QED) is 0.546. The van der Waals surface area contributed by atoms with Gasteiger partial charge in [0.1, 0.15) is 6.10 Å². The number of esters is 1. The summed E-state index contributed by atoms with van der Waals surface area (Å²) in [6, 6.07) is 8.59. The third kappa shape index (κ3) is 2.47. The summed E-state index contributed by atoms with van der Waals surface area (Å²) in [5.74, 6) is -0.630. The molecule has 0 amide bonds. The number of benzene rings is 1. The number of Topliss-reactive ketones (excluding diaryl/α,β-unsaturated/α-hetero) is 1. The molecular weight excluding hydrogens is 404 g/mol. The second-order valence-electron chi connectivity index (χ2n) is 11.0. The zero-order valence-corrected chi connectivity index (χ0v) is 19.3. The number of ether oxygens (including phenoxy) is 1. The van der Waals surface area contributed by atoms with E-state index in [1.807, 2.05) is 25.1 Å². The second kappa shape index (κ2) is 6.64. The van der Waals surface area contributed by atoms with Crippen LogP contribution in [0.4, 0.5) is 0 Å². The van der Waals surface area contributed by atoms with Crippen molar-refractivity contribution in [3.63, 3.8) is 0 Å². The van der Waals surface area contributed by atoms with Gasteiger partial charge >= 0.3 is 5.97 Å². The van der Waals surface area contributed by atoms with Gasteiger partial charge in [0.25, 0.3) is 0 Å². The number of rotatable bonds is 2. The molecule has 4 aliphatic rings. The summed E-state index contributed by atoms with van der Waals surface area (Å²) in [6.07, 6.45) is 2.03. The first kappa shape index (κ1) is 21.6. The standard InChI is InChI=1S/C27H32O5/c1-14-11-18-20-19(25(20,4)5)12-16(3)26(22(18)29)13-15(2)23(27(26,31)21(14)28)32-24(30)17-9-7-6-8-10-17/h6-11,13,16,18-21,23,28,31H,12H2,1-5H3/t16-,18-,19?,20+,21-,23+,26?,27+/m1/s1. The van der Waals surface area contributed by atoms with Crippen LogP contribution in [0.1, 0.15) is 51.4 Å². The predicted molar refractivity (Wildman–Crippen MR) is 120 cm³/mol. The molecule has 0 aromatic heterocycles. The molecule has 8 atom stereocenters. The molecule has 170 valence electrons. The number of aliphatic hydroxyl groups excluding tert-OH is 1. The van der Waals surface area contributed by atoms with Gasteiger partial charge in [0.15, 0.2) is 17.5 Å². The number of hydrogen-bond acceptors (Lipinski definition) is 5. The summed E-state index contributed by atoms with van der Waals surface area (Å²) in [7, 11) is 0. The Labute approximate surface area is 189 Å². The van der Waals surface area contributed by atoms with Crippen LogP contribution in [0.5, 0.6) is 0 Å². The highest BCUT2D eigenvalue weighted by atomic mass is 16.6. The van der Waals surface area contributed by atoms with Gasteiger partial charge in [0.2, 0.25) is 0 Å². The van der Waals surface area contributed by atoms with E-state index in [2.05, 4.69) is 13.8 Å². The third-order valence-electron chi connectivity index (χ3n) is 9.08. The molecule has 2 unspecified atom stereocenters. The van der Waals surface area contributed by atoms with E-state index in [-0.39, 0.29) is 29.0 Å². The van der Waals surface area contributed by atoms with Gasteiger partial charge in [-0.2, -0.15) is 0 Å². The average molecular weight is 437 g/mol. The van der Waals surface area contributed by atoms with Gasteiger partial charge in [0, 0.05) is 5.92 Å². The molecule has 2 bridgehead atoms. The highest BCUT2D eigenvalue weighted by Gasteiger charge is 2.76. The first-order valence-electron chi connectivity index (χ1n) is 11.6. The topological polar surface area (TPSA) is 83.8 Å². The number of ketones is 1. The first-order valence-corrected chi connectivity index (χ1v) is 11.6. The molecule has 5 nitrogen and oxygen atoms in total. The van der Waals surface area contributed by atoms with Crippen LogP contribution in [-0.4, -0.2) is 39.8 Å². The summed E-state index contributed by atoms with van der Waals surface area (Å²) in [5.41, 5.74) is -1.67. The fourth-order valence-electron chi connectivity index (χ4n) is 7.32. The number of aliphatic hydroxyl groups is 2. The molecule has 0 saturated heterocycles. The van der Waals surface area contributed by atoms with E-state index in [0.717, 1.165) is 6.42 Å². The van der Waals surface area contributed by atoms with Gasteiger partial charge in [-0.3, -0.25) is 4.79 Å². The lowest BCUT2D eigenvalue weighted by atomic mass is 9.59. The number of allylic oxidation sites excluding steroid dienone is 1. The molecule has 2 N–H and O–H groups in total. The Hall–Kier alpha value is -2.24. The van der Waals surface area contributed by atoms with Crippen molar-refractivity contribution in [2.45, 2.75) is 58.8 Å². The molecule has 0 heterocycles. The maximum atomic E-state index is 14.2. The number of carbonyl (C=O) groups is 2. The van der Waals surface area contributed by atoms with E-state index in [1.165, 1.54) is 0 Å². The van der Waals surface area contributed by atoms with Crippen molar-refractivity contribution in [3.8, 4) is 0 Å². The molecule has 0 aliphatic heterocycles. The van der Waals surface area contributed by atoms with Gasteiger partial charge in [0.05, 0.1) is 11.0 Å². The van der Waals surface area contributed by atoms with Crippen LogP contribution >= 0.6 is 0 Å². The molecule has 2 fully saturated rings. The van der Waals surface area contributed by atoms with E-state index in [1.54, 1.807) is 38.1 Å². The molecule has 32 heavy (non-hydrogen) atoms. The fourth-order valence-corrected chi connectivity index (χ4v) is 7.32. The highest BCUT2D eigenvalue weighted by Crippen LogP contribution is 2.71. The fraction of sp³-hybridized carbons (Fsp3) is 0.556. The minimum absolute atomic E-state index is 0.0525. The minimum atomic E-state index is -1.95. The smallest absolute Gasteiger partial charge is 0.338 e. The van der Waals surface area contributed by atoms with Crippen molar-refractivity contribution < 1.29 is 24.5 Å². The number of hydrogen-bond donors (Lipinski definition) is 2. The Morgan fingerprint density at radius 3 is 2.44 bits per heavy atom. The summed E-state index contributed by atoms with van der Waals surface area (Å²) >= 11 is 0. The van der Waals surface area contributed by atoms with E-state index in [0.29, 0.717) is 22.6 Å². The van der Waals surface area contributed by atoms with Crippen LogP contribution in [0.25, 0.3) is 0 Å². The Balaban J connectivity index is 1.63. The molecule has 5 rings (SSSR count). The summed E-state index contributed by atoms with van der Waals surface area (Å²) < 4.78 is 5.86. The number of carbonyl (C=O) groups excluding carboxylic acids is 2. The molecule has 1 spiro atoms. The zero-order valence-electron chi connectivity index (χ0n) is 19.3. The van der Waals surface area contributed by atoms with Crippen LogP contribution < -0.4 is 0 Å². The molecule has 4 aliphatic carbocycles. The molecule has 1 aromatic rings. The van der Waals surface area contributed by atoms with E-state index in [9.17, 15) is 19.8 Å². The highest BCUT2D eigenvalue weighted by molar-refractivity contribution is 5.96. The van der Waals surface area contributed by atoms with Crippen molar-refractivity contribution in [1.82, 2.24) is 0 Å². The number of fused-ring (bicyclic) bond motifs is 3. The van der Waals surface area contributed by atoms with E-state index >= 15 is 0 Å². The Kier molecular flexibility index (Phi) is 4.48. The van der Waals surface area contributed by atoms with Crippen molar-refractivity contribution >= 4 is 11.8 Å². The lowest BCUT2D eigenvalue weighted by molar-refractivity contribution is -0.189. The minimum Gasteiger partial charge on any atom is -0.451 e. The van der Waals surface area contributed by atoms with Crippen LogP contribution in [0, 0.1) is 34.5 Å². The van der Waals surface area contributed by atoms with Crippen molar-refractivity contribution in [2.24, 2.45) is 34.5 Å². The molecule has 2 saturated carbocycles. The Morgan fingerprint density at radius 2 is 1.78 bits per heavy atom. The third-order valence-corrected chi connectivity index (χ3v) is 9.08. The Bertz CT molecular complexity index is 1050. The SMILES string of the molecule is CC1=C[C@H]2C(=O)C3(C=C(C)[C@H](OC(=O)c4ccccc4)[C@@]3(O)[C@@H]1O)[C@H](C)CC1[C@H]2C1(C)C. The summed E-state index contributed by atoms with van der Waals surface area (Å²) in [5, 5.41) is 23.8. The predicted octanol–water partition coefficient (Wildman–Crippen LogP) is 3.71. The molecule has 0 radical (unpaired) electrons. The summed E-state index contributed by atoms with van der Waals surface area (Å²) in [6.45, 7) is 9.95. The van der Waals surface area contributed by atoms with Crippen LogP contribution in [0.15, 0.2) is 53.6 Å². The maximum Gasteiger partial charge on any atom is 0.338 e. The lowest BCUT2D eigenvalue weighted by Gasteiger charge is -2.48. The van der Waals surface area contributed by atoms with Crippen LogP contribution in [0.3, 0.4) is 0 Å². The Morgan fingerprint density at radius 1 is 1.12 bits per heavy atom. The van der Waals surface area contributed by atoms with Gasteiger partial charge in [-0.05, 0) is 66.7 Å². The average Bonchev–Trinajstić information content (AvgIpc) is 3.24. The largest absolute Gasteiger partial charge is 0.451 e. The second-order valence-corrected chi connectivity index (χ2v) is 11.0. The maximum absolute atomic E-state index is 14.2. The van der Waals surface area contributed by atoms with Gasteiger partial charge in [-0.15, -0.1) is 0 Å². The van der Waals surface area contributed by atoms with Gasteiger partial charge in [-0.25, -0.2) is 4.79 Å². The van der Waals surface area contributed by atoms with Crippen molar-refractivity contribution in [3.05, 3.63) is 59.2 Å². The summed E-state index contributed by atoms with van der Waals surface area (Å²) in [4.78, 5) is 27.2. The van der Waals surface area contributed by atoms with Crippen LogP contribution in [0.2, 0.25) is 0 Å². The van der Waals surface area contributed by atoms with Crippen molar-refractivity contribution in [1.29, 1.82) is 0 Å². The van der Waals surface area contributed by atoms with Crippen molar-refractivity contribution in [2.75, 3.05) is 0 Å². The van der Waals surface area contributed by atoms with Gasteiger partial charge in [-0.1, -0.05) is 51.1 Å². The monoisotopic (exact) mass is 436 g/mol. The lowest BCUT2D eigenvalue weighted by Crippen LogP contribution is -2.65. The zero-order chi connectivity index (χ0) is 23.2. The van der Waals surface area contributed by atoms with Crippen LogP contribution in [-0.2, 0) is 9.53 Å². The molecule has 5 heteroatoms. The van der Waals surface area contributed by atoms with E-state index < -0.39 is 29.2 Å². The molecular formula is C27H32O5. The van der Waals surface area contributed by atoms with Gasteiger partial charge < -0.3 is 14.9 Å². The first-order chi connectivity index (χ1) is 15.0. The molecule has 1 aromatic carbocycles.